The number of carbonyl (C=O) groups is 1. The van der Waals surface area contributed by atoms with Gasteiger partial charge in [-0.15, -0.1) is 0 Å². The van der Waals surface area contributed by atoms with E-state index in [4.69, 9.17) is 5.73 Å². The third-order valence-corrected chi connectivity index (χ3v) is 4.18. The van der Waals surface area contributed by atoms with Gasteiger partial charge in [-0.25, -0.2) is 0 Å². The normalized spacial score (nSPS) is 17.8. The minimum absolute atomic E-state index is 0.110. The molecule has 3 nitrogen and oxygen atoms in total. The van der Waals surface area contributed by atoms with Gasteiger partial charge in [-0.3, -0.25) is 4.79 Å². The van der Waals surface area contributed by atoms with Crippen molar-refractivity contribution in [1.82, 2.24) is 5.32 Å². The average molecular weight is 238 g/mol. The quantitative estimate of drug-likeness (QED) is 0.823. The molecule has 0 aromatic carbocycles. The summed E-state index contributed by atoms with van der Waals surface area (Å²) in [4.78, 5) is 11.7. The van der Waals surface area contributed by atoms with Crippen LogP contribution < -0.4 is 11.1 Å². The van der Waals surface area contributed by atoms with Crippen LogP contribution in [-0.4, -0.2) is 12.5 Å². The fourth-order valence-electron chi connectivity index (χ4n) is 2.13. The van der Waals surface area contributed by atoms with Crippen molar-refractivity contribution in [2.24, 2.45) is 11.1 Å². The molecule has 0 bridgehead atoms. The number of nitrogens with one attached hydrogen (secondary N) is 1. The van der Waals surface area contributed by atoms with Crippen LogP contribution in [0.4, 0.5) is 0 Å². The van der Waals surface area contributed by atoms with Crippen LogP contribution in [0.25, 0.3) is 0 Å². The summed E-state index contributed by atoms with van der Waals surface area (Å²) in [6, 6.07) is 2.03. The topological polar surface area (TPSA) is 55.1 Å². The lowest BCUT2D eigenvalue weighted by molar-refractivity contribution is -0.124. The van der Waals surface area contributed by atoms with Gasteiger partial charge >= 0.3 is 0 Å². The molecule has 1 aromatic rings. The van der Waals surface area contributed by atoms with Gasteiger partial charge in [0.05, 0.1) is 0 Å². The summed E-state index contributed by atoms with van der Waals surface area (Å²) < 4.78 is 0. The van der Waals surface area contributed by atoms with Crippen LogP contribution in [0.3, 0.4) is 0 Å². The highest BCUT2D eigenvalue weighted by molar-refractivity contribution is 7.07. The van der Waals surface area contributed by atoms with Crippen molar-refractivity contribution in [3.63, 3.8) is 0 Å². The molecule has 1 amide bonds. The average Bonchev–Trinajstić information content (AvgIpc) is 2.73. The summed E-state index contributed by atoms with van der Waals surface area (Å²) in [6.45, 7) is 1.28. The van der Waals surface area contributed by atoms with E-state index in [-0.39, 0.29) is 11.3 Å². The lowest BCUT2D eigenvalue weighted by Gasteiger charge is -2.40. The van der Waals surface area contributed by atoms with E-state index in [9.17, 15) is 4.79 Å². The molecule has 1 saturated carbocycles. The third kappa shape index (κ3) is 2.62. The van der Waals surface area contributed by atoms with Gasteiger partial charge in [0.1, 0.15) is 0 Å². The van der Waals surface area contributed by atoms with Gasteiger partial charge in [0.15, 0.2) is 0 Å². The van der Waals surface area contributed by atoms with Crippen molar-refractivity contribution >= 4 is 17.2 Å². The molecule has 1 heterocycles. The minimum atomic E-state index is 0.110. The lowest BCUT2D eigenvalue weighted by Crippen LogP contribution is -2.41. The predicted octanol–water partition coefficient (Wildman–Crippen LogP) is 1.88. The summed E-state index contributed by atoms with van der Waals surface area (Å²) in [7, 11) is 0. The fraction of sp³-hybridized carbons (Fsp3) is 0.583. The maximum Gasteiger partial charge on any atom is 0.220 e. The van der Waals surface area contributed by atoms with Crippen LogP contribution in [0.2, 0.25) is 0 Å². The van der Waals surface area contributed by atoms with Crippen molar-refractivity contribution in [1.29, 1.82) is 0 Å². The Morgan fingerprint density at radius 3 is 2.88 bits per heavy atom. The molecule has 0 radical (unpaired) electrons. The lowest BCUT2D eigenvalue weighted by atomic mass is 9.66. The standard InChI is InChI=1S/C12H18N2OS/c13-9-12(3-1-4-12)6-11(15)14-7-10-2-5-16-8-10/h2,5,8H,1,3-4,6-7,9,13H2,(H,14,15). The summed E-state index contributed by atoms with van der Waals surface area (Å²) in [6.07, 6.45) is 4.02. The first-order chi connectivity index (χ1) is 7.74. The molecule has 2 rings (SSSR count). The van der Waals surface area contributed by atoms with Crippen molar-refractivity contribution in [3.8, 4) is 0 Å². The largest absolute Gasteiger partial charge is 0.352 e. The van der Waals surface area contributed by atoms with E-state index in [2.05, 4.69) is 10.7 Å². The van der Waals surface area contributed by atoms with Gasteiger partial charge < -0.3 is 11.1 Å². The van der Waals surface area contributed by atoms with E-state index in [1.165, 1.54) is 12.0 Å². The number of amides is 1. The highest BCUT2D eigenvalue weighted by atomic mass is 32.1. The summed E-state index contributed by atoms with van der Waals surface area (Å²) in [5.41, 5.74) is 7.01. The molecule has 0 unspecified atom stereocenters. The van der Waals surface area contributed by atoms with Gasteiger partial charge in [-0.2, -0.15) is 11.3 Å². The van der Waals surface area contributed by atoms with Crippen LogP contribution in [0.15, 0.2) is 16.8 Å². The molecule has 1 aromatic heterocycles. The molecule has 1 aliphatic carbocycles. The Morgan fingerprint density at radius 2 is 2.38 bits per heavy atom. The first-order valence-electron chi connectivity index (χ1n) is 5.72. The maximum atomic E-state index is 11.7. The van der Waals surface area contributed by atoms with Crippen LogP contribution in [0.5, 0.6) is 0 Å². The van der Waals surface area contributed by atoms with Crippen LogP contribution >= 0.6 is 11.3 Å². The molecule has 16 heavy (non-hydrogen) atoms. The zero-order valence-electron chi connectivity index (χ0n) is 9.37. The maximum absolute atomic E-state index is 11.7. The van der Waals surface area contributed by atoms with E-state index >= 15 is 0 Å². The Balaban J connectivity index is 1.76. The number of thiophene rings is 1. The van der Waals surface area contributed by atoms with E-state index in [1.54, 1.807) is 11.3 Å². The smallest absolute Gasteiger partial charge is 0.220 e. The van der Waals surface area contributed by atoms with E-state index in [1.807, 2.05) is 11.4 Å². The molecule has 0 saturated heterocycles. The first-order valence-corrected chi connectivity index (χ1v) is 6.66. The van der Waals surface area contributed by atoms with Crippen molar-refractivity contribution in [3.05, 3.63) is 22.4 Å². The Morgan fingerprint density at radius 1 is 1.56 bits per heavy atom. The summed E-state index contributed by atoms with van der Waals surface area (Å²) >= 11 is 1.65. The Bertz CT molecular complexity index is 338. The molecule has 3 N–H and O–H groups in total. The molecule has 1 aliphatic rings. The number of hydrogen-bond donors (Lipinski definition) is 2. The van der Waals surface area contributed by atoms with Crippen molar-refractivity contribution < 1.29 is 4.79 Å². The van der Waals surface area contributed by atoms with Crippen molar-refractivity contribution in [2.45, 2.75) is 32.2 Å². The Kier molecular flexibility index (Phi) is 3.61. The van der Waals surface area contributed by atoms with Gasteiger partial charge in [-0.05, 0) is 47.2 Å². The van der Waals surface area contributed by atoms with Crippen molar-refractivity contribution in [2.75, 3.05) is 6.54 Å². The van der Waals surface area contributed by atoms with Gasteiger partial charge in [0.2, 0.25) is 5.91 Å². The SMILES string of the molecule is NCC1(CC(=O)NCc2ccsc2)CCC1. The third-order valence-electron chi connectivity index (χ3n) is 3.45. The monoisotopic (exact) mass is 238 g/mol. The second kappa shape index (κ2) is 4.97. The van der Waals surface area contributed by atoms with E-state index in [0.717, 1.165) is 12.8 Å². The molecule has 88 valence electrons. The number of hydrogen-bond acceptors (Lipinski definition) is 3. The molecule has 4 heteroatoms. The number of nitrogens with two attached hydrogens (primary N) is 1. The molecule has 0 atom stereocenters. The number of rotatable bonds is 5. The summed E-state index contributed by atoms with van der Waals surface area (Å²) in [5, 5.41) is 7.04. The highest BCUT2D eigenvalue weighted by Crippen LogP contribution is 2.42. The van der Waals surface area contributed by atoms with Crippen LogP contribution in [0, 0.1) is 5.41 Å². The second-order valence-electron chi connectivity index (χ2n) is 4.64. The Labute approximate surface area is 100 Å². The molecular formula is C12H18N2OS. The first kappa shape index (κ1) is 11.6. The number of carbonyl (C=O) groups excluding carboxylic acids is 1. The van der Waals surface area contributed by atoms with E-state index in [0.29, 0.717) is 19.5 Å². The molecular weight excluding hydrogens is 220 g/mol. The second-order valence-corrected chi connectivity index (χ2v) is 5.42. The zero-order chi connectivity index (χ0) is 11.4. The molecule has 1 fully saturated rings. The van der Waals surface area contributed by atoms with Gasteiger partial charge in [-0.1, -0.05) is 6.42 Å². The Hall–Kier alpha value is -0.870. The predicted molar refractivity (Wildman–Crippen MR) is 66.1 cm³/mol. The molecule has 0 spiro atoms. The van der Waals surface area contributed by atoms with Crippen LogP contribution in [0.1, 0.15) is 31.2 Å². The zero-order valence-corrected chi connectivity index (χ0v) is 10.2. The summed E-state index contributed by atoms with van der Waals surface area (Å²) in [5.74, 6) is 0.136. The molecule has 0 aliphatic heterocycles. The minimum Gasteiger partial charge on any atom is -0.352 e. The fourth-order valence-corrected chi connectivity index (χ4v) is 2.80. The van der Waals surface area contributed by atoms with Crippen LogP contribution in [-0.2, 0) is 11.3 Å². The van der Waals surface area contributed by atoms with Gasteiger partial charge in [0, 0.05) is 13.0 Å². The van der Waals surface area contributed by atoms with E-state index < -0.39 is 0 Å². The van der Waals surface area contributed by atoms with Gasteiger partial charge in [0.25, 0.3) is 0 Å². The highest BCUT2D eigenvalue weighted by Gasteiger charge is 2.37.